The summed E-state index contributed by atoms with van der Waals surface area (Å²) < 4.78 is 13.2. The Balaban J connectivity index is 1.76. The maximum absolute atomic E-state index is 13.2. The van der Waals surface area contributed by atoms with Gasteiger partial charge >= 0.3 is 0 Å². The third-order valence-electron chi connectivity index (χ3n) is 3.80. The summed E-state index contributed by atoms with van der Waals surface area (Å²) in [7, 11) is 0. The molecule has 0 aliphatic heterocycles. The molecule has 0 heterocycles. The van der Waals surface area contributed by atoms with Crippen molar-refractivity contribution < 1.29 is 9.50 Å². The maximum Gasteiger partial charge on any atom is 0.123 e. The summed E-state index contributed by atoms with van der Waals surface area (Å²) in [5, 5.41) is 10.8. The van der Waals surface area contributed by atoms with Gasteiger partial charge < -0.3 is 5.11 Å². The fourth-order valence-corrected chi connectivity index (χ4v) is 2.90. The molecule has 1 N–H and O–H groups in total. The van der Waals surface area contributed by atoms with Crippen molar-refractivity contribution >= 4 is 11.6 Å². The van der Waals surface area contributed by atoms with Gasteiger partial charge in [-0.25, -0.2) is 4.39 Å². The molecule has 0 saturated heterocycles. The number of halogens is 2. The predicted molar refractivity (Wildman–Crippen MR) is 74.0 cm³/mol. The Labute approximate surface area is 116 Å². The Morgan fingerprint density at radius 1 is 1.26 bits per heavy atom. The number of aliphatic hydroxyl groups is 1. The van der Waals surface area contributed by atoms with Crippen molar-refractivity contribution in [2.24, 2.45) is 0 Å². The summed E-state index contributed by atoms with van der Waals surface area (Å²) in [4.78, 5) is 0. The number of aliphatic hydroxyl groups excluding tert-OH is 1. The van der Waals surface area contributed by atoms with E-state index in [0.717, 1.165) is 6.42 Å². The summed E-state index contributed by atoms with van der Waals surface area (Å²) in [5.41, 5.74) is 3.15. The molecule has 0 spiro atoms. The molecule has 3 heteroatoms. The van der Waals surface area contributed by atoms with E-state index in [9.17, 15) is 9.50 Å². The van der Waals surface area contributed by atoms with Crippen molar-refractivity contribution in [1.29, 1.82) is 0 Å². The molecule has 0 amide bonds. The molecule has 0 fully saturated rings. The first-order valence-corrected chi connectivity index (χ1v) is 6.73. The lowest BCUT2D eigenvalue weighted by molar-refractivity contribution is 0.133. The fraction of sp³-hybridized carbons (Fsp3) is 0.250. The van der Waals surface area contributed by atoms with Gasteiger partial charge in [-0.2, -0.15) is 0 Å². The average molecular weight is 277 g/mol. The van der Waals surface area contributed by atoms with E-state index in [0.29, 0.717) is 17.0 Å². The number of fused-ring (bicyclic) bond motifs is 1. The number of benzene rings is 2. The van der Waals surface area contributed by atoms with Crippen LogP contribution in [0, 0.1) is 5.82 Å². The van der Waals surface area contributed by atoms with Gasteiger partial charge in [-0.1, -0.05) is 35.9 Å². The smallest absolute Gasteiger partial charge is 0.123 e. The van der Waals surface area contributed by atoms with Gasteiger partial charge in [-0.15, -0.1) is 0 Å². The Hall–Kier alpha value is -1.38. The first-order valence-electron chi connectivity index (χ1n) is 6.35. The first-order chi connectivity index (χ1) is 9.15. The summed E-state index contributed by atoms with van der Waals surface area (Å²) in [6.07, 6.45) is 0.744. The molecule has 2 aromatic rings. The second kappa shape index (κ2) is 4.95. The molecule has 0 radical (unpaired) electrons. The van der Waals surface area contributed by atoms with Gasteiger partial charge in [0.05, 0.1) is 6.10 Å². The molecular formula is C16H14ClFO. The lowest BCUT2D eigenvalue weighted by Crippen LogP contribution is -2.30. The third kappa shape index (κ3) is 2.38. The number of rotatable bonds is 3. The van der Waals surface area contributed by atoms with Crippen LogP contribution in [0.15, 0.2) is 42.5 Å². The normalized spacial score (nSPS) is 18.6. The number of hydrogen-bond donors (Lipinski definition) is 1. The van der Waals surface area contributed by atoms with E-state index in [2.05, 4.69) is 6.07 Å². The molecule has 0 bridgehead atoms. The third-order valence-corrected chi connectivity index (χ3v) is 4.16. The van der Waals surface area contributed by atoms with Crippen molar-refractivity contribution in [2.45, 2.75) is 24.9 Å². The second-order valence-corrected chi connectivity index (χ2v) is 5.42. The SMILES string of the molecule is OC(Cc1cc(F)ccc1Cl)C1Cc2ccccc21. The topological polar surface area (TPSA) is 20.2 Å². The molecule has 1 aliphatic carbocycles. The quantitative estimate of drug-likeness (QED) is 0.906. The highest BCUT2D eigenvalue weighted by Crippen LogP contribution is 2.38. The van der Waals surface area contributed by atoms with Gasteiger partial charge in [0, 0.05) is 17.4 Å². The van der Waals surface area contributed by atoms with Crippen LogP contribution in [0.1, 0.15) is 22.6 Å². The zero-order chi connectivity index (χ0) is 13.4. The Morgan fingerprint density at radius 3 is 2.84 bits per heavy atom. The van der Waals surface area contributed by atoms with Gasteiger partial charge in [0.1, 0.15) is 5.82 Å². The average Bonchev–Trinajstić information content (AvgIpc) is 2.35. The van der Waals surface area contributed by atoms with E-state index >= 15 is 0 Å². The molecule has 2 aromatic carbocycles. The van der Waals surface area contributed by atoms with Gasteiger partial charge in [0.25, 0.3) is 0 Å². The van der Waals surface area contributed by atoms with Crippen molar-refractivity contribution in [3.8, 4) is 0 Å². The van der Waals surface area contributed by atoms with E-state index in [1.54, 1.807) is 0 Å². The maximum atomic E-state index is 13.2. The van der Waals surface area contributed by atoms with Crippen LogP contribution in [0.3, 0.4) is 0 Å². The minimum absolute atomic E-state index is 0.135. The minimum Gasteiger partial charge on any atom is -0.392 e. The molecule has 1 nitrogen and oxygen atoms in total. The van der Waals surface area contributed by atoms with Gasteiger partial charge in [-0.05, 0) is 41.3 Å². The highest BCUT2D eigenvalue weighted by molar-refractivity contribution is 6.31. The van der Waals surface area contributed by atoms with Crippen LogP contribution in [0.25, 0.3) is 0 Å². The molecule has 1 aliphatic rings. The highest BCUT2D eigenvalue weighted by atomic mass is 35.5. The van der Waals surface area contributed by atoms with E-state index < -0.39 is 6.10 Å². The predicted octanol–water partition coefficient (Wildman–Crippen LogP) is 3.72. The summed E-state index contributed by atoms with van der Waals surface area (Å²) in [6.45, 7) is 0. The van der Waals surface area contributed by atoms with Gasteiger partial charge in [0.15, 0.2) is 0 Å². The zero-order valence-electron chi connectivity index (χ0n) is 10.3. The highest BCUT2D eigenvalue weighted by Gasteiger charge is 2.31. The molecule has 2 unspecified atom stereocenters. The van der Waals surface area contributed by atoms with Gasteiger partial charge in [0.2, 0.25) is 0 Å². The monoisotopic (exact) mass is 276 g/mol. The van der Waals surface area contributed by atoms with Crippen molar-refractivity contribution in [3.05, 3.63) is 70.0 Å². The van der Waals surface area contributed by atoms with Crippen LogP contribution in [-0.4, -0.2) is 11.2 Å². The van der Waals surface area contributed by atoms with Crippen LogP contribution in [0.5, 0.6) is 0 Å². The Kier molecular flexibility index (Phi) is 3.29. The summed E-state index contributed by atoms with van der Waals surface area (Å²) in [6, 6.07) is 12.4. The molecule has 98 valence electrons. The van der Waals surface area contributed by atoms with Gasteiger partial charge in [-0.3, -0.25) is 0 Å². The molecule has 0 saturated carbocycles. The largest absolute Gasteiger partial charge is 0.392 e. The number of hydrogen-bond acceptors (Lipinski definition) is 1. The lowest BCUT2D eigenvalue weighted by Gasteiger charge is -2.34. The summed E-state index contributed by atoms with van der Waals surface area (Å²) in [5.74, 6) is -0.184. The molecule has 0 aromatic heterocycles. The van der Waals surface area contributed by atoms with Crippen LogP contribution >= 0.6 is 11.6 Å². The van der Waals surface area contributed by atoms with Crippen LogP contribution < -0.4 is 0 Å². The van der Waals surface area contributed by atoms with Crippen molar-refractivity contribution in [3.63, 3.8) is 0 Å². The second-order valence-electron chi connectivity index (χ2n) is 5.02. The standard InChI is InChI=1S/C16H14ClFO/c17-15-6-5-12(18)7-11(15)9-16(19)14-8-10-3-1-2-4-13(10)14/h1-7,14,16,19H,8-9H2. The Bertz CT molecular complexity index is 611. The van der Waals surface area contributed by atoms with Crippen molar-refractivity contribution in [1.82, 2.24) is 0 Å². The van der Waals surface area contributed by atoms with E-state index in [4.69, 9.17) is 11.6 Å². The summed E-state index contributed by atoms with van der Waals surface area (Å²) >= 11 is 6.03. The van der Waals surface area contributed by atoms with Crippen molar-refractivity contribution in [2.75, 3.05) is 0 Å². The van der Waals surface area contributed by atoms with Crippen LogP contribution in [-0.2, 0) is 12.8 Å². The van der Waals surface area contributed by atoms with Crippen LogP contribution in [0.2, 0.25) is 5.02 Å². The molecular weight excluding hydrogens is 263 g/mol. The Morgan fingerprint density at radius 2 is 2.05 bits per heavy atom. The van der Waals surface area contributed by atoms with E-state index in [-0.39, 0.29) is 11.7 Å². The minimum atomic E-state index is -0.519. The molecule has 2 atom stereocenters. The van der Waals surface area contributed by atoms with Crippen LogP contribution in [0.4, 0.5) is 4.39 Å². The fourth-order valence-electron chi connectivity index (χ4n) is 2.71. The molecule has 19 heavy (non-hydrogen) atoms. The molecule has 3 rings (SSSR count). The lowest BCUT2D eigenvalue weighted by atomic mass is 9.73. The van der Waals surface area contributed by atoms with E-state index in [1.165, 1.54) is 29.3 Å². The zero-order valence-corrected chi connectivity index (χ0v) is 11.1. The van der Waals surface area contributed by atoms with E-state index in [1.807, 2.05) is 18.2 Å². The first kappa shape index (κ1) is 12.6.